The van der Waals surface area contributed by atoms with Gasteiger partial charge in [-0.3, -0.25) is 9.59 Å². The third-order valence-electron chi connectivity index (χ3n) is 3.85. The Bertz CT molecular complexity index is 1020. The maximum absolute atomic E-state index is 11.9. The summed E-state index contributed by atoms with van der Waals surface area (Å²) in [6.07, 6.45) is 0.0675. The first kappa shape index (κ1) is 18.4. The lowest BCUT2D eigenvalue weighted by Crippen LogP contribution is -2.09. The van der Waals surface area contributed by atoms with Gasteiger partial charge in [0.15, 0.2) is 5.78 Å². The number of hydrogen-bond acceptors (Lipinski definition) is 6. The number of Topliss-reactive ketones (excluding diaryl/α,β-unsaturated/α-hetero) is 1. The number of esters is 1. The zero-order chi connectivity index (χ0) is 18.7. The minimum Gasteiger partial charge on any atom is -0.461 e. The van der Waals surface area contributed by atoms with Crippen LogP contribution in [0.4, 0.5) is 0 Å². The molecule has 0 saturated heterocycles. The van der Waals surface area contributed by atoms with Gasteiger partial charge in [0.2, 0.25) is 0 Å². The molecule has 0 atom stereocenters. The molecule has 0 radical (unpaired) electrons. The van der Waals surface area contributed by atoms with Crippen molar-refractivity contribution in [2.75, 3.05) is 0 Å². The van der Waals surface area contributed by atoms with E-state index in [0.717, 1.165) is 5.56 Å². The van der Waals surface area contributed by atoms with E-state index in [1.54, 1.807) is 31.2 Å². The molecule has 0 aliphatic rings. The maximum Gasteiger partial charge on any atom is 0.336 e. The van der Waals surface area contributed by atoms with E-state index in [0.29, 0.717) is 26.4 Å². The van der Waals surface area contributed by atoms with Crippen LogP contribution in [0, 0.1) is 6.92 Å². The highest BCUT2D eigenvalue weighted by atomic mass is 35.5. The number of rotatable bonds is 6. The molecule has 0 amide bonds. The summed E-state index contributed by atoms with van der Waals surface area (Å²) in [7, 11) is 0. The van der Waals surface area contributed by atoms with Crippen molar-refractivity contribution in [1.82, 2.24) is 0 Å². The fraction of sp³-hybridized carbons (Fsp3) is 0.211. The lowest BCUT2D eigenvalue weighted by Gasteiger charge is -2.08. The summed E-state index contributed by atoms with van der Waals surface area (Å²) < 4.78 is 10.4. The average Bonchev–Trinajstić information content (AvgIpc) is 3.14. The summed E-state index contributed by atoms with van der Waals surface area (Å²) in [4.78, 5) is 36.2. The van der Waals surface area contributed by atoms with Gasteiger partial charge in [0.05, 0.1) is 11.3 Å². The quantitative estimate of drug-likeness (QED) is 0.351. The zero-order valence-electron chi connectivity index (χ0n) is 13.9. The number of fused-ring (bicyclic) bond motifs is 1. The Labute approximate surface area is 158 Å². The van der Waals surface area contributed by atoms with Gasteiger partial charge in [-0.1, -0.05) is 17.7 Å². The Balaban J connectivity index is 1.67. The molecule has 0 saturated carbocycles. The van der Waals surface area contributed by atoms with Gasteiger partial charge in [0.1, 0.15) is 12.2 Å². The minimum atomic E-state index is -0.529. The van der Waals surface area contributed by atoms with Crippen molar-refractivity contribution in [2.45, 2.75) is 26.4 Å². The Morgan fingerprint density at radius 1 is 1.23 bits per heavy atom. The van der Waals surface area contributed by atoms with Crippen LogP contribution >= 0.6 is 22.9 Å². The standard InChI is InChI=1S/C19H15ClO5S/c1-11-7-16-13(9-14(11)20)12(8-19(23)25-16)10-24-18(22)5-4-15(21)17-3-2-6-26-17/h2-3,6-9H,4-5,10H2,1H3. The second-order valence-electron chi connectivity index (χ2n) is 5.75. The van der Waals surface area contributed by atoms with Crippen LogP contribution < -0.4 is 5.63 Å². The highest BCUT2D eigenvalue weighted by Crippen LogP contribution is 2.25. The van der Waals surface area contributed by atoms with Crippen molar-refractivity contribution in [3.63, 3.8) is 0 Å². The van der Waals surface area contributed by atoms with E-state index in [-0.39, 0.29) is 25.2 Å². The molecule has 3 rings (SSSR count). The van der Waals surface area contributed by atoms with Crippen molar-refractivity contribution < 1.29 is 18.7 Å². The molecule has 26 heavy (non-hydrogen) atoms. The van der Waals surface area contributed by atoms with Gasteiger partial charge >= 0.3 is 11.6 Å². The molecule has 0 N–H and O–H groups in total. The highest BCUT2D eigenvalue weighted by Gasteiger charge is 2.13. The monoisotopic (exact) mass is 390 g/mol. The van der Waals surface area contributed by atoms with E-state index in [4.69, 9.17) is 20.8 Å². The molecule has 0 bridgehead atoms. The van der Waals surface area contributed by atoms with Gasteiger partial charge in [0.25, 0.3) is 0 Å². The molecular weight excluding hydrogens is 376 g/mol. The highest BCUT2D eigenvalue weighted by molar-refractivity contribution is 7.12. The predicted octanol–water partition coefficient (Wildman–Crippen LogP) is 4.52. The number of carbonyl (C=O) groups excluding carboxylic acids is 2. The van der Waals surface area contributed by atoms with E-state index in [1.807, 2.05) is 5.38 Å². The second-order valence-corrected chi connectivity index (χ2v) is 7.10. The fourth-order valence-corrected chi connectivity index (χ4v) is 3.33. The van der Waals surface area contributed by atoms with E-state index in [9.17, 15) is 14.4 Å². The number of carbonyl (C=O) groups is 2. The minimum absolute atomic E-state index is 0.0179. The van der Waals surface area contributed by atoms with Gasteiger partial charge < -0.3 is 9.15 Å². The number of aryl methyl sites for hydroxylation is 1. The smallest absolute Gasteiger partial charge is 0.336 e. The largest absolute Gasteiger partial charge is 0.461 e. The normalized spacial score (nSPS) is 10.8. The summed E-state index contributed by atoms with van der Waals surface area (Å²) in [5.41, 5.74) is 1.15. The van der Waals surface area contributed by atoms with E-state index in [2.05, 4.69) is 0 Å². The van der Waals surface area contributed by atoms with Crippen molar-refractivity contribution >= 4 is 45.7 Å². The first-order valence-electron chi connectivity index (χ1n) is 7.89. The number of thiophene rings is 1. The molecule has 1 aromatic carbocycles. The van der Waals surface area contributed by atoms with Gasteiger partial charge in [0, 0.05) is 28.5 Å². The lowest BCUT2D eigenvalue weighted by atomic mass is 10.1. The third kappa shape index (κ3) is 4.20. The molecule has 0 spiro atoms. The van der Waals surface area contributed by atoms with Crippen molar-refractivity contribution in [2.24, 2.45) is 0 Å². The first-order chi connectivity index (χ1) is 12.4. The van der Waals surface area contributed by atoms with Gasteiger partial charge in [-0.05, 0) is 36.1 Å². The fourth-order valence-electron chi connectivity index (χ4n) is 2.47. The zero-order valence-corrected chi connectivity index (χ0v) is 15.5. The SMILES string of the molecule is Cc1cc2oc(=O)cc(COC(=O)CCC(=O)c3cccs3)c2cc1Cl. The molecule has 2 heterocycles. The molecule has 7 heteroatoms. The topological polar surface area (TPSA) is 73.6 Å². The molecule has 134 valence electrons. The summed E-state index contributed by atoms with van der Waals surface area (Å²) >= 11 is 7.47. The van der Waals surface area contributed by atoms with E-state index in [1.165, 1.54) is 17.4 Å². The van der Waals surface area contributed by atoms with Crippen molar-refractivity contribution in [1.29, 1.82) is 0 Å². The molecule has 3 aromatic rings. The van der Waals surface area contributed by atoms with E-state index >= 15 is 0 Å². The Kier molecular flexibility index (Phi) is 5.54. The van der Waals surface area contributed by atoms with Crippen molar-refractivity contribution in [3.05, 3.63) is 67.2 Å². The Morgan fingerprint density at radius 3 is 2.77 bits per heavy atom. The molecule has 0 aliphatic carbocycles. The Morgan fingerprint density at radius 2 is 2.04 bits per heavy atom. The second kappa shape index (κ2) is 7.85. The van der Waals surface area contributed by atoms with Crippen LogP contribution in [0.5, 0.6) is 0 Å². The summed E-state index contributed by atoms with van der Waals surface area (Å²) in [6.45, 7) is 1.71. The molecule has 0 unspecified atom stereocenters. The number of ketones is 1. The summed E-state index contributed by atoms with van der Waals surface area (Å²) in [5, 5.41) is 2.95. The van der Waals surface area contributed by atoms with Gasteiger partial charge in [-0.25, -0.2) is 4.79 Å². The maximum atomic E-state index is 11.9. The van der Waals surface area contributed by atoms with Crippen LogP contribution in [-0.4, -0.2) is 11.8 Å². The summed E-state index contributed by atoms with van der Waals surface area (Å²) in [5.74, 6) is -0.598. The Hall–Kier alpha value is -2.44. The van der Waals surface area contributed by atoms with Crippen molar-refractivity contribution in [3.8, 4) is 0 Å². The summed E-state index contributed by atoms with van der Waals surface area (Å²) in [6, 6.07) is 8.13. The van der Waals surface area contributed by atoms with Crippen LogP contribution in [-0.2, 0) is 16.1 Å². The first-order valence-corrected chi connectivity index (χ1v) is 9.15. The van der Waals surface area contributed by atoms with Crippen LogP contribution in [0.15, 0.2) is 44.9 Å². The third-order valence-corrected chi connectivity index (χ3v) is 5.17. The molecule has 5 nitrogen and oxygen atoms in total. The van der Waals surface area contributed by atoms with Crippen LogP contribution in [0.2, 0.25) is 5.02 Å². The lowest BCUT2D eigenvalue weighted by molar-refractivity contribution is -0.144. The van der Waals surface area contributed by atoms with Crippen LogP contribution in [0.25, 0.3) is 11.0 Å². The average molecular weight is 391 g/mol. The van der Waals surface area contributed by atoms with Crippen LogP contribution in [0.3, 0.4) is 0 Å². The number of ether oxygens (including phenoxy) is 1. The number of halogens is 1. The predicted molar refractivity (Wildman–Crippen MR) is 99.9 cm³/mol. The number of hydrogen-bond donors (Lipinski definition) is 0. The molecular formula is C19H15ClO5S. The molecule has 2 aromatic heterocycles. The van der Waals surface area contributed by atoms with E-state index < -0.39 is 11.6 Å². The van der Waals surface area contributed by atoms with Gasteiger partial charge in [-0.15, -0.1) is 11.3 Å². The van der Waals surface area contributed by atoms with Crippen LogP contribution in [0.1, 0.15) is 33.6 Å². The molecule has 0 aliphatic heterocycles. The van der Waals surface area contributed by atoms with Gasteiger partial charge in [-0.2, -0.15) is 0 Å². The number of benzene rings is 1. The molecule has 0 fully saturated rings.